The van der Waals surface area contributed by atoms with Crippen molar-refractivity contribution in [3.63, 3.8) is 0 Å². The molecule has 1 aromatic carbocycles. The van der Waals surface area contributed by atoms with E-state index >= 15 is 0 Å². The molecular formula is C16H22N2O2S. The number of aromatic nitrogens is 1. The van der Waals surface area contributed by atoms with Crippen LogP contribution in [0.5, 0.6) is 5.75 Å². The van der Waals surface area contributed by atoms with E-state index in [0.29, 0.717) is 13.2 Å². The molecule has 0 radical (unpaired) electrons. The first-order valence-electron chi connectivity index (χ1n) is 6.93. The fourth-order valence-corrected chi connectivity index (χ4v) is 3.17. The Morgan fingerprint density at radius 3 is 2.43 bits per heavy atom. The highest BCUT2D eigenvalue weighted by atomic mass is 32.1. The summed E-state index contributed by atoms with van der Waals surface area (Å²) >= 11 is 1.59. The molecule has 0 saturated heterocycles. The van der Waals surface area contributed by atoms with Crippen molar-refractivity contribution in [2.45, 2.75) is 40.0 Å². The Kier molecular flexibility index (Phi) is 5.33. The van der Waals surface area contributed by atoms with Gasteiger partial charge in [0, 0.05) is 18.0 Å². The number of nitrogens with zero attached hydrogens (tertiary/aromatic N) is 1. The fourth-order valence-electron chi connectivity index (χ4n) is 2.23. The zero-order valence-corrected chi connectivity index (χ0v) is 13.8. The molecule has 5 heteroatoms. The van der Waals surface area contributed by atoms with E-state index in [4.69, 9.17) is 15.2 Å². The second kappa shape index (κ2) is 7.02. The van der Waals surface area contributed by atoms with Crippen molar-refractivity contribution in [3.05, 3.63) is 44.9 Å². The predicted molar refractivity (Wildman–Crippen MR) is 85.7 cm³/mol. The molecule has 114 valence electrons. The lowest BCUT2D eigenvalue weighted by atomic mass is 10.1. The van der Waals surface area contributed by atoms with Gasteiger partial charge < -0.3 is 15.2 Å². The first kappa shape index (κ1) is 15.9. The third-order valence-corrected chi connectivity index (χ3v) is 4.30. The van der Waals surface area contributed by atoms with Gasteiger partial charge in [-0.05, 0) is 44.0 Å². The number of methoxy groups -OCH3 is 1. The molecule has 0 aliphatic carbocycles. The number of benzene rings is 1. The standard InChI is InChI=1S/C16H22N2O2S/c1-10-5-11(2)7-13(6-10)20-9-15-18-14(8-19-4)16(21-15)12(3)17/h5-7,12H,8-9,17H2,1-4H3. The maximum absolute atomic E-state index is 5.98. The van der Waals surface area contributed by atoms with E-state index in [9.17, 15) is 0 Å². The summed E-state index contributed by atoms with van der Waals surface area (Å²) in [6.45, 7) is 7.03. The molecule has 1 aromatic heterocycles. The number of thiazole rings is 1. The van der Waals surface area contributed by atoms with Gasteiger partial charge in [-0.1, -0.05) is 6.07 Å². The summed E-state index contributed by atoms with van der Waals surface area (Å²) in [4.78, 5) is 5.64. The summed E-state index contributed by atoms with van der Waals surface area (Å²) in [6.07, 6.45) is 0. The molecule has 21 heavy (non-hydrogen) atoms. The Morgan fingerprint density at radius 1 is 1.19 bits per heavy atom. The van der Waals surface area contributed by atoms with Crippen LogP contribution >= 0.6 is 11.3 Å². The zero-order chi connectivity index (χ0) is 15.4. The van der Waals surface area contributed by atoms with Crippen molar-refractivity contribution in [2.75, 3.05) is 7.11 Å². The van der Waals surface area contributed by atoms with Gasteiger partial charge in [0.15, 0.2) is 0 Å². The molecule has 2 aromatic rings. The molecule has 0 amide bonds. The van der Waals surface area contributed by atoms with Gasteiger partial charge in [-0.2, -0.15) is 0 Å². The van der Waals surface area contributed by atoms with Crippen LogP contribution in [-0.2, 0) is 18.0 Å². The van der Waals surface area contributed by atoms with Crippen molar-refractivity contribution in [1.82, 2.24) is 4.98 Å². The van der Waals surface area contributed by atoms with Crippen LogP contribution in [0.3, 0.4) is 0 Å². The van der Waals surface area contributed by atoms with Gasteiger partial charge in [0.1, 0.15) is 17.4 Å². The molecule has 1 heterocycles. The molecule has 0 aliphatic rings. The third-order valence-electron chi connectivity index (χ3n) is 3.02. The van der Waals surface area contributed by atoms with Crippen LogP contribution in [0.4, 0.5) is 0 Å². The topological polar surface area (TPSA) is 57.4 Å². The molecule has 1 atom stereocenters. The third kappa shape index (κ3) is 4.27. The highest BCUT2D eigenvalue weighted by Gasteiger charge is 2.14. The number of ether oxygens (including phenoxy) is 2. The van der Waals surface area contributed by atoms with Crippen LogP contribution in [0, 0.1) is 13.8 Å². The lowest BCUT2D eigenvalue weighted by Crippen LogP contribution is -2.06. The van der Waals surface area contributed by atoms with Crippen molar-refractivity contribution in [2.24, 2.45) is 5.73 Å². The fraction of sp³-hybridized carbons (Fsp3) is 0.438. The van der Waals surface area contributed by atoms with E-state index < -0.39 is 0 Å². The first-order chi connectivity index (χ1) is 9.99. The average Bonchev–Trinajstić information content (AvgIpc) is 2.79. The molecule has 2 rings (SSSR count). The molecular weight excluding hydrogens is 284 g/mol. The second-order valence-corrected chi connectivity index (χ2v) is 6.37. The van der Waals surface area contributed by atoms with E-state index in [0.717, 1.165) is 21.3 Å². The molecule has 0 spiro atoms. The monoisotopic (exact) mass is 306 g/mol. The number of nitrogens with two attached hydrogens (primary N) is 1. The Morgan fingerprint density at radius 2 is 1.86 bits per heavy atom. The molecule has 1 unspecified atom stereocenters. The van der Waals surface area contributed by atoms with Crippen LogP contribution in [0.1, 0.15) is 39.7 Å². The van der Waals surface area contributed by atoms with Gasteiger partial charge in [-0.3, -0.25) is 0 Å². The number of rotatable bonds is 6. The number of hydrogen-bond donors (Lipinski definition) is 1. The van der Waals surface area contributed by atoms with Crippen LogP contribution in [0.2, 0.25) is 0 Å². The summed E-state index contributed by atoms with van der Waals surface area (Å²) in [7, 11) is 1.66. The maximum atomic E-state index is 5.98. The second-order valence-electron chi connectivity index (χ2n) is 5.25. The quantitative estimate of drug-likeness (QED) is 0.887. The Bertz CT molecular complexity index is 588. The number of hydrogen-bond acceptors (Lipinski definition) is 5. The smallest absolute Gasteiger partial charge is 0.140 e. The van der Waals surface area contributed by atoms with E-state index in [1.165, 1.54) is 11.1 Å². The molecule has 0 bridgehead atoms. The lowest BCUT2D eigenvalue weighted by molar-refractivity contribution is 0.180. The van der Waals surface area contributed by atoms with Crippen LogP contribution in [-0.4, -0.2) is 12.1 Å². The summed E-state index contributed by atoms with van der Waals surface area (Å²) in [5.74, 6) is 0.873. The Balaban J connectivity index is 2.10. The van der Waals surface area contributed by atoms with E-state index in [1.807, 2.05) is 19.1 Å². The van der Waals surface area contributed by atoms with Gasteiger partial charge in [0.05, 0.1) is 12.3 Å². The minimum absolute atomic E-state index is 0.0392. The van der Waals surface area contributed by atoms with Crippen LogP contribution < -0.4 is 10.5 Å². The van der Waals surface area contributed by atoms with Gasteiger partial charge in [-0.25, -0.2) is 4.98 Å². The predicted octanol–water partition coefficient (Wildman–Crippen LogP) is 3.51. The summed E-state index contributed by atoms with van der Waals surface area (Å²) < 4.78 is 11.0. The molecule has 0 aliphatic heterocycles. The summed E-state index contributed by atoms with van der Waals surface area (Å²) in [6, 6.07) is 6.15. The van der Waals surface area contributed by atoms with E-state index in [-0.39, 0.29) is 6.04 Å². The molecule has 4 nitrogen and oxygen atoms in total. The SMILES string of the molecule is COCc1nc(COc2cc(C)cc(C)c2)sc1C(C)N. The minimum atomic E-state index is -0.0392. The van der Waals surface area contributed by atoms with Crippen molar-refractivity contribution >= 4 is 11.3 Å². The summed E-state index contributed by atoms with van der Waals surface area (Å²) in [5.41, 5.74) is 9.28. The van der Waals surface area contributed by atoms with Crippen molar-refractivity contribution < 1.29 is 9.47 Å². The maximum Gasteiger partial charge on any atom is 0.140 e. The van der Waals surface area contributed by atoms with Crippen LogP contribution in [0.15, 0.2) is 18.2 Å². The largest absolute Gasteiger partial charge is 0.486 e. The van der Waals surface area contributed by atoms with E-state index in [1.54, 1.807) is 18.4 Å². The summed E-state index contributed by atoms with van der Waals surface area (Å²) in [5, 5.41) is 0.925. The molecule has 2 N–H and O–H groups in total. The Hall–Kier alpha value is -1.43. The normalized spacial score (nSPS) is 12.4. The van der Waals surface area contributed by atoms with Gasteiger partial charge in [-0.15, -0.1) is 11.3 Å². The highest BCUT2D eigenvalue weighted by Crippen LogP contribution is 2.26. The first-order valence-corrected chi connectivity index (χ1v) is 7.75. The Labute approximate surface area is 129 Å². The van der Waals surface area contributed by atoms with Crippen molar-refractivity contribution in [1.29, 1.82) is 0 Å². The van der Waals surface area contributed by atoms with Gasteiger partial charge >= 0.3 is 0 Å². The molecule has 0 fully saturated rings. The van der Waals surface area contributed by atoms with E-state index in [2.05, 4.69) is 24.9 Å². The zero-order valence-electron chi connectivity index (χ0n) is 13.0. The average molecular weight is 306 g/mol. The van der Waals surface area contributed by atoms with Gasteiger partial charge in [0.2, 0.25) is 0 Å². The minimum Gasteiger partial charge on any atom is -0.486 e. The van der Waals surface area contributed by atoms with Crippen molar-refractivity contribution in [3.8, 4) is 5.75 Å². The lowest BCUT2D eigenvalue weighted by Gasteiger charge is -2.06. The number of aryl methyl sites for hydroxylation is 2. The van der Waals surface area contributed by atoms with Crippen LogP contribution in [0.25, 0.3) is 0 Å². The molecule has 0 saturated carbocycles. The van der Waals surface area contributed by atoms with Gasteiger partial charge in [0.25, 0.3) is 0 Å². The highest BCUT2D eigenvalue weighted by molar-refractivity contribution is 7.11.